The first-order chi connectivity index (χ1) is 15.3. The second kappa shape index (κ2) is 8.66. The second-order valence-corrected chi connectivity index (χ2v) is 7.70. The van der Waals surface area contributed by atoms with Gasteiger partial charge in [0.15, 0.2) is 11.2 Å². The lowest BCUT2D eigenvalue weighted by molar-refractivity contribution is -0.116. The van der Waals surface area contributed by atoms with E-state index < -0.39 is 23.1 Å². The Balaban J connectivity index is 1.53. The van der Waals surface area contributed by atoms with Crippen molar-refractivity contribution >= 4 is 22.8 Å². The summed E-state index contributed by atoms with van der Waals surface area (Å²) < 4.78 is 29.3. The molecule has 0 atom stereocenters. The maximum Gasteiger partial charge on any atom is 0.283 e. The van der Waals surface area contributed by atoms with Crippen LogP contribution in [0.2, 0.25) is 0 Å². The van der Waals surface area contributed by atoms with Gasteiger partial charge >= 0.3 is 0 Å². The Hall–Kier alpha value is -3.95. The highest BCUT2D eigenvalue weighted by Gasteiger charge is 2.15. The molecule has 0 saturated carbocycles. The van der Waals surface area contributed by atoms with E-state index in [9.17, 15) is 18.4 Å². The lowest BCUT2D eigenvalue weighted by atomic mass is 10.0. The predicted molar refractivity (Wildman–Crippen MR) is 114 cm³/mol. The molecule has 0 fully saturated rings. The van der Waals surface area contributed by atoms with Crippen molar-refractivity contribution in [2.24, 2.45) is 0 Å². The lowest BCUT2D eigenvalue weighted by Crippen LogP contribution is -2.28. The fraction of sp³-hybridized carbons (Fsp3) is 0.227. The van der Waals surface area contributed by atoms with Crippen molar-refractivity contribution in [3.63, 3.8) is 0 Å². The Morgan fingerprint density at radius 2 is 1.88 bits per heavy atom. The Kier molecular flexibility index (Phi) is 5.76. The van der Waals surface area contributed by atoms with Gasteiger partial charge in [-0.1, -0.05) is 31.2 Å². The zero-order valence-electron chi connectivity index (χ0n) is 17.4. The molecule has 0 spiro atoms. The third kappa shape index (κ3) is 4.53. The Morgan fingerprint density at radius 1 is 1.12 bits per heavy atom. The molecule has 2 aromatic heterocycles. The van der Waals surface area contributed by atoms with Crippen LogP contribution in [-0.4, -0.2) is 30.5 Å². The molecule has 0 aliphatic heterocycles. The molecule has 8 nitrogen and oxygen atoms in total. The molecule has 32 heavy (non-hydrogen) atoms. The fourth-order valence-electron chi connectivity index (χ4n) is 3.31. The topological polar surface area (TPSA) is 94.7 Å². The molecule has 4 aromatic rings. The predicted octanol–water partition coefficient (Wildman–Crippen LogP) is 3.08. The number of amides is 1. The number of carbonyl (C=O) groups is 1. The summed E-state index contributed by atoms with van der Waals surface area (Å²) >= 11 is 0. The lowest BCUT2D eigenvalue weighted by Gasteiger charge is -2.10. The zero-order chi connectivity index (χ0) is 22.8. The monoisotopic (exact) mass is 438 g/mol. The first-order valence-corrected chi connectivity index (χ1v) is 9.93. The summed E-state index contributed by atoms with van der Waals surface area (Å²) in [5.41, 5.74) is 1.59. The summed E-state index contributed by atoms with van der Waals surface area (Å²) in [4.78, 5) is 29.4. The van der Waals surface area contributed by atoms with Gasteiger partial charge in [-0.2, -0.15) is 0 Å². The number of nitrogens with one attached hydrogen (secondary N) is 1. The van der Waals surface area contributed by atoms with E-state index in [1.54, 1.807) is 6.07 Å². The number of aromatic nitrogens is 5. The highest BCUT2D eigenvalue weighted by molar-refractivity contribution is 5.90. The molecule has 0 unspecified atom stereocenters. The van der Waals surface area contributed by atoms with Crippen LogP contribution in [0.25, 0.3) is 11.2 Å². The van der Waals surface area contributed by atoms with Gasteiger partial charge in [-0.3, -0.25) is 14.2 Å². The maximum atomic E-state index is 13.4. The van der Waals surface area contributed by atoms with E-state index in [0.29, 0.717) is 17.2 Å². The maximum absolute atomic E-state index is 13.4. The van der Waals surface area contributed by atoms with E-state index in [-0.39, 0.29) is 24.3 Å². The number of fused-ring (bicyclic) bond motifs is 1. The van der Waals surface area contributed by atoms with Crippen LogP contribution in [-0.2, 0) is 17.9 Å². The molecule has 0 aliphatic rings. The van der Waals surface area contributed by atoms with Gasteiger partial charge < -0.3 is 5.32 Å². The van der Waals surface area contributed by atoms with Gasteiger partial charge in [0.05, 0.1) is 6.54 Å². The van der Waals surface area contributed by atoms with Crippen molar-refractivity contribution in [3.8, 4) is 0 Å². The molecule has 0 radical (unpaired) electrons. The van der Waals surface area contributed by atoms with Crippen molar-refractivity contribution in [2.45, 2.75) is 32.9 Å². The summed E-state index contributed by atoms with van der Waals surface area (Å²) in [5.74, 6) is -1.52. The van der Waals surface area contributed by atoms with Crippen molar-refractivity contribution in [2.75, 3.05) is 5.32 Å². The van der Waals surface area contributed by atoms with E-state index in [4.69, 9.17) is 0 Å². The van der Waals surface area contributed by atoms with E-state index in [2.05, 4.69) is 34.5 Å². The molecule has 0 aliphatic carbocycles. The number of halogens is 2. The molecule has 4 rings (SSSR count). The third-order valence-corrected chi connectivity index (χ3v) is 4.90. The van der Waals surface area contributed by atoms with Crippen molar-refractivity contribution in [1.82, 2.24) is 24.5 Å². The van der Waals surface area contributed by atoms with Gasteiger partial charge in [0.2, 0.25) is 5.91 Å². The van der Waals surface area contributed by atoms with E-state index >= 15 is 0 Å². The molecule has 2 aromatic carbocycles. The number of benzene rings is 2. The smallest absolute Gasteiger partial charge is 0.283 e. The normalized spacial score (nSPS) is 11.3. The van der Waals surface area contributed by atoms with E-state index in [1.807, 2.05) is 18.2 Å². The highest BCUT2D eigenvalue weighted by atomic mass is 19.1. The number of anilines is 1. The van der Waals surface area contributed by atoms with Crippen LogP contribution in [0.1, 0.15) is 30.9 Å². The first kappa shape index (κ1) is 21.3. The zero-order valence-corrected chi connectivity index (χ0v) is 17.4. The summed E-state index contributed by atoms with van der Waals surface area (Å²) in [6.07, 6.45) is 1.22. The van der Waals surface area contributed by atoms with Crippen LogP contribution in [0.15, 0.2) is 53.6 Å². The van der Waals surface area contributed by atoms with E-state index in [1.165, 1.54) is 11.0 Å². The van der Waals surface area contributed by atoms with E-state index in [0.717, 1.165) is 28.3 Å². The van der Waals surface area contributed by atoms with Crippen LogP contribution in [0, 0.1) is 11.6 Å². The minimum absolute atomic E-state index is 0.0195. The summed E-state index contributed by atoms with van der Waals surface area (Å²) in [7, 11) is 0. The summed E-state index contributed by atoms with van der Waals surface area (Å²) in [5, 5.41) is 10.5. The summed E-state index contributed by atoms with van der Waals surface area (Å²) in [6, 6.07) is 10.6. The number of hydrogen-bond donors (Lipinski definition) is 1. The average molecular weight is 438 g/mol. The Labute approximate surface area is 181 Å². The molecule has 1 N–H and O–H groups in total. The van der Waals surface area contributed by atoms with Crippen molar-refractivity contribution in [1.29, 1.82) is 0 Å². The third-order valence-electron chi connectivity index (χ3n) is 4.90. The van der Waals surface area contributed by atoms with Crippen LogP contribution in [0.5, 0.6) is 0 Å². The van der Waals surface area contributed by atoms with Gasteiger partial charge in [-0.05, 0) is 41.3 Å². The number of carbonyl (C=O) groups excluding carboxylic acids is 1. The SMILES string of the molecule is CC(C)c1cccc(NC(=O)Cn2cnc3c(nnn3Cc3cc(F)cc(F)c3)c2=O)c1. The van der Waals surface area contributed by atoms with Crippen LogP contribution < -0.4 is 10.9 Å². The highest BCUT2D eigenvalue weighted by Crippen LogP contribution is 2.18. The largest absolute Gasteiger partial charge is 0.325 e. The van der Waals surface area contributed by atoms with Crippen LogP contribution >= 0.6 is 0 Å². The molecular weight excluding hydrogens is 418 g/mol. The second-order valence-electron chi connectivity index (χ2n) is 7.70. The van der Waals surface area contributed by atoms with Gasteiger partial charge in [0, 0.05) is 11.8 Å². The molecular formula is C22H20F2N6O2. The van der Waals surface area contributed by atoms with Gasteiger partial charge in [-0.15, -0.1) is 5.10 Å². The summed E-state index contributed by atoms with van der Waals surface area (Å²) in [6.45, 7) is 3.84. The van der Waals surface area contributed by atoms with Crippen LogP contribution in [0.4, 0.5) is 14.5 Å². The molecule has 10 heteroatoms. The quantitative estimate of drug-likeness (QED) is 0.499. The number of hydrogen-bond acceptors (Lipinski definition) is 5. The van der Waals surface area contributed by atoms with Crippen molar-refractivity contribution < 1.29 is 13.6 Å². The average Bonchev–Trinajstić information content (AvgIpc) is 3.13. The van der Waals surface area contributed by atoms with Crippen LogP contribution in [0.3, 0.4) is 0 Å². The van der Waals surface area contributed by atoms with Gasteiger partial charge in [0.25, 0.3) is 5.56 Å². The standard InChI is InChI=1S/C22H20F2N6O2/c1-13(2)15-4-3-5-18(8-15)26-19(31)11-29-12-25-21-20(22(29)32)27-28-30(21)10-14-6-16(23)9-17(24)7-14/h3-9,12-13H,10-11H2,1-2H3,(H,26,31). The van der Waals surface area contributed by atoms with Gasteiger partial charge in [-0.25, -0.2) is 18.4 Å². The molecule has 164 valence electrons. The molecule has 2 heterocycles. The minimum atomic E-state index is -0.718. The Bertz CT molecular complexity index is 1340. The molecule has 0 bridgehead atoms. The number of nitrogens with zero attached hydrogens (tertiary/aromatic N) is 5. The van der Waals surface area contributed by atoms with Crippen molar-refractivity contribution in [3.05, 3.63) is 81.9 Å². The minimum Gasteiger partial charge on any atom is -0.325 e. The van der Waals surface area contributed by atoms with Gasteiger partial charge in [0.1, 0.15) is 24.5 Å². The molecule has 1 amide bonds. The molecule has 0 saturated heterocycles. The fourth-order valence-corrected chi connectivity index (χ4v) is 3.31. The number of rotatable bonds is 6. The first-order valence-electron chi connectivity index (χ1n) is 9.93. The Morgan fingerprint density at radius 3 is 2.59 bits per heavy atom.